The van der Waals surface area contributed by atoms with Crippen molar-refractivity contribution in [2.45, 2.75) is 32.7 Å². The fourth-order valence-electron chi connectivity index (χ4n) is 5.60. The van der Waals surface area contributed by atoms with Gasteiger partial charge in [0.15, 0.2) is 5.65 Å². The lowest BCUT2D eigenvalue weighted by atomic mass is 10.0. The zero-order chi connectivity index (χ0) is 23.9. The molecule has 6 rings (SSSR count). The van der Waals surface area contributed by atoms with Crippen LogP contribution in [0.25, 0.3) is 27.7 Å². The zero-order valence-electron chi connectivity index (χ0n) is 20.4. The van der Waals surface area contributed by atoms with Gasteiger partial charge in [-0.3, -0.25) is 14.7 Å². The van der Waals surface area contributed by atoms with E-state index >= 15 is 0 Å². The molecule has 5 heterocycles. The van der Waals surface area contributed by atoms with Crippen molar-refractivity contribution in [3.8, 4) is 11.1 Å². The number of piperidine rings is 1. The topological polar surface area (TPSA) is 69.9 Å². The lowest BCUT2D eigenvalue weighted by molar-refractivity contribution is -0.130. The molecule has 2 saturated heterocycles. The number of likely N-dealkylation sites (tertiary alicyclic amines) is 1. The molecule has 1 aromatic carbocycles. The summed E-state index contributed by atoms with van der Waals surface area (Å²) >= 11 is 0. The van der Waals surface area contributed by atoms with Crippen LogP contribution in [0.2, 0.25) is 0 Å². The Bertz CT molecular complexity index is 1380. The highest BCUT2D eigenvalue weighted by Crippen LogP contribution is 2.31. The summed E-state index contributed by atoms with van der Waals surface area (Å²) in [6, 6.07) is 9.00. The van der Waals surface area contributed by atoms with Gasteiger partial charge in [0.2, 0.25) is 5.91 Å². The molecular formula is C27H31N7O. The predicted octanol–water partition coefficient (Wildman–Crippen LogP) is 3.39. The molecule has 35 heavy (non-hydrogen) atoms. The third kappa shape index (κ3) is 4.12. The Morgan fingerprint density at radius 3 is 2.51 bits per heavy atom. The maximum atomic E-state index is 11.6. The van der Waals surface area contributed by atoms with E-state index in [1.165, 1.54) is 5.56 Å². The van der Waals surface area contributed by atoms with Gasteiger partial charge in [0.05, 0.1) is 29.8 Å². The molecule has 0 aliphatic carbocycles. The van der Waals surface area contributed by atoms with E-state index in [9.17, 15) is 4.79 Å². The van der Waals surface area contributed by atoms with E-state index < -0.39 is 0 Å². The molecule has 0 N–H and O–H groups in total. The van der Waals surface area contributed by atoms with Gasteiger partial charge in [-0.15, -0.1) is 0 Å². The second-order valence-corrected chi connectivity index (χ2v) is 9.78. The molecule has 0 atom stereocenters. The fraction of sp³-hybridized carbons (Fsp3) is 0.407. The van der Waals surface area contributed by atoms with Crippen molar-refractivity contribution in [1.82, 2.24) is 29.4 Å². The van der Waals surface area contributed by atoms with Crippen LogP contribution >= 0.6 is 0 Å². The quantitative estimate of drug-likeness (QED) is 0.458. The summed E-state index contributed by atoms with van der Waals surface area (Å²) in [5, 5.41) is 5.76. The van der Waals surface area contributed by atoms with Crippen molar-refractivity contribution in [3.63, 3.8) is 0 Å². The van der Waals surface area contributed by atoms with E-state index in [-0.39, 0.29) is 5.91 Å². The van der Waals surface area contributed by atoms with E-state index in [2.05, 4.69) is 51.2 Å². The molecule has 8 nitrogen and oxygen atoms in total. The minimum atomic E-state index is 0.199. The van der Waals surface area contributed by atoms with Crippen LogP contribution in [0.15, 0.2) is 49.1 Å². The highest BCUT2D eigenvalue weighted by Gasteiger charge is 2.28. The van der Waals surface area contributed by atoms with Crippen molar-refractivity contribution >= 4 is 28.1 Å². The molecule has 0 spiro atoms. The summed E-state index contributed by atoms with van der Waals surface area (Å²) in [5.41, 5.74) is 6.28. The Kier molecular flexibility index (Phi) is 5.60. The second kappa shape index (κ2) is 8.92. The predicted molar refractivity (Wildman–Crippen MR) is 138 cm³/mol. The molecule has 2 aliphatic rings. The summed E-state index contributed by atoms with van der Waals surface area (Å²) < 4.78 is 1.90. The number of piperazine rings is 1. The third-order valence-corrected chi connectivity index (χ3v) is 7.64. The van der Waals surface area contributed by atoms with Crippen LogP contribution < -0.4 is 4.90 Å². The highest BCUT2D eigenvalue weighted by molar-refractivity contribution is 5.97. The van der Waals surface area contributed by atoms with Crippen LogP contribution in [0.1, 0.15) is 25.3 Å². The lowest BCUT2D eigenvalue weighted by Crippen LogP contribution is -2.53. The van der Waals surface area contributed by atoms with Crippen molar-refractivity contribution in [2.75, 3.05) is 44.2 Å². The van der Waals surface area contributed by atoms with Gasteiger partial charge < -0.3 is 9.80 Å². The largest absolute Gasteiger partial charge is 0.366 e. The van der Waals surface area contributed by atoms with Gasteiger partial charge in [-0.25, -0.2) is 9.50 Å². The van der Waals surface area contributed by atoms with Crippen LogP contribution in [0.5, 0.6) is 0 Å². The molecule has 0 bridgehead atoms. The number of amides is 1. The van der Waals surface area contributed by atoms with Crippen molar-refractivity contribution in [1.29, 1.82) is 0 Å². The summed E-state index contributed by atoms with van der Waals surface area (Å²) in [4.78, 5) is 28.0. The normalized spacial score (nSPS) is 18.0. The maximum Gasteiger partial charge on any atom is 0.219 e. The lowest BCUT2D eigenvalue weighted by Gasteiger charge is -2.43. The Morgan fingerprint density at radius 2 is 1.74 bits per heavy atom. The fourth-order valence-corrected chi connectivity index (χ4v) is 5.60. The number of aromatic nitrogens is 4. The maximum absolute atomic E-state index is 11.6. The molecule has 0 unspecified atom stereocenters. The number of carbonyl (C=O) groups excluding carboxylic acids is 1. The Labute approximate surface area is 205 Å². The zero-order valence-corrected chi connectivity index (χ0v) is 20.4. The number of anilines is 1. The van der Waals surface area contributed by atoms with Gasteiger partial charge in [-0.05, 0) is 43.0 Å². The summed E-state index contributed by atoms with van der Waals surface area (Å²) in [6.07, 6.45) is 10.00. The van der Waals surface area contributed by atoms with Crippen LogP contribution in [0, 0.1) is 6.92 Å². The van der Waals surface area contributed by atoms with E-state index in [4.69, 9.17) is 4.98 Å². The monoisotopic (exact) mass is 469 g/mol. The first kappa shape index (κ1) is 22.0. The molecule has 3 aromatic heterocycles. The third-order valence-electron chi connectivity index (χ3n) is 7.64. The average Bonchev–Trinajstić information content (AvgIpc) is 3.31. The van der Waals surface area contributed by atoms with E-state index in [0.717, 1.165) is 85.5 Å². The molecule has 2 aliphatic heterocycles. The number of rotatable bonds is 3. The number of fused-ring (bicyclic) bond motifs is 2. The number of pyridine rings is 1. The van der Waals surface area contributed by atoms with E-state index in [1.54, 1.807) is 6.92 Å². The Morgan fingerprint density at radius 1 is 0.943 bits per heavy atom. The number of hydrogen-bond donors (Lipinski definition) is 0. The van der Waals surface area contributed by atoms with Crippen LogP contribution in [-0.4, -0.2) is 80.6 Å². The number of aryl methyl sites for hydroxylation is 1. The first-order valence-corrected chi connectivity index (χ1v) is 12.5. The van der Waals surface area contributed by atoms with E-state index in [0.29, 0.717) is 6.04 Å². The van der Waals surface area contributed by atoms with Crippen LogP contribution in [0.3, 0.4) is 0 Å². The van der Waals surface area contributed by atoms with Gasteiger partial charge in [0.25, 0.3) is 0 Å². The number of nitrogens with zero attached hydrogens (tertiary/aromatic N) is 7. The van der Waals surface area contributed by atoms with Gasteiger partial charge in [-0.2, -0.15) is 5.10 Å². The molecule has 2 fully saturated rings. The molecule has 0 saturated carbocycles. The van der Waals surface area contributed by atoms with Crippen LogP contribution in [-0.2, 0) is 4.79 Å². The Balaban J connectivity index is 1.18. The van der Waals surface area contributed by atoms with Gasteiger partial charge in [-0.1, -0.05) is 12.1 Å². The molecule has 4 aromatic rings. The number of hydrogen-bond acceptors (Lipinski definition) is 6. The van der Waals surface area contributed by atoms with E-state index in [1.807, 2.05) is 34.1 Å². The first-order valence-electron chi connectivity index (χ1n) is 12.5. The molecular weight excluding hydrogens is 438 g/mol. The first-order chi connectivity index (χ1) is 17.1. The van der Waals surface area contributed by atoms with Crippen molar-refractivity contribution in [2.24, 2.45) is 0 Å². The summed E-state index contributed by atoms with van der Waals surface area (Å²) in [5.74, 6) is 0.199. The standard InChI is InChI=1S/C27H31N7O/c1-19-3-4-24-23(5-8-28-26(24)15-19)25-17-30-34-18-22(16-29-27(25)34)33-13-11-32(12-14-33)21-6-9-31(10-7-21)20(2)35/h3-5,8,15-18,21H,6-7,9-14H2,1-2H3. The van der Waals surface area contributed by atoms with Crippen molar-refractivity contribution in [3.05, 3.63) is 54.6 Å². The summed E-state index contributed by atoms with van der Waals surface area (Å²) in [6.45, 7) is 9.55. The SMILES string of the molecule is CC(=O)N1CCC(N2CCN(c3cnc4c(-c5ccnc6cc(C)ccc56)cnn4c3)CC2)CC1. The number of benzene rings is 1. The molecule has 180 valence electrons. The van der Waals surface area contributed by atoms with Gasteiger partial charge in [0.1, 0.15) is 0 Å². The second-order valence-electron chi connectivity index (χ2n) is 9.78. The molecule has 0 radical (unpaired) electrons. The number of carbonyl (C=O) groups is 1. The summed E-state index contributed by atoms with van der Waals surface area (Å²) in [7, 11) is 0. The van der Waals surface area contributed by atoms with Gasteiger partial charge in [0, 0.05) is 69.4 Å². The minimum Gasteiger partial charge on any atom is -0.366 e. The van der Waals surface area contributed by atoms with Crippen LogP contribution in [0.4, 0.5) is 5.69 Å². The van der Waals surface area contributed by atoms with Gasteiger partial charge >= 0.3 is 0 Å². The minimum absolute atomic E-state index is 0.199. The Hall–Kier alpha value is -3.52. The smallest absolute Gasteiger partial charge is 0.219 e. The molecule has 8 heteroatoms. The van der Waals surface area contributed by atoms with Crippen molar-refractivity contribution < 1.29 is 4.79 Å². The molecule has 1 amide bonds. The average molecular weight is 470 g/mol. The highest BCUT2D eigenvalue weighted by atomic mass is 16.2.